The lowest BCUT2D eigenvalue weighted by Gasteiger charge is -2.28. The number of hydrogen-bond donors (Lipinski definition) is 0. The fourth-order valence-corrected chi connectivity index (χ4v) is 7.37. The molecule has 1 aromatic rings. The largest absolute Gasteiger partial charge is 0.756 e. The third kappa shape index (κ3) is 30.5. The van der Waals surface area contributed by atoms with Gasteiger partial charge in [0.2, 0.25) is 0 Å². The molecule has 0 radical (unpaired) electrons. The summed E-state index contributed by atoms with van der Waals surface area (Å²) < 4.78 is 40.1. The first-order valence-electron chi connectivity index (χ1n) is 23.4. The maximum Gasteiger partial charge on any atom is 0.306 e. The minimum Gasteiger partial charge on any atom is -0.756 e. The molecule has 0 aliphatic carbocycles. The molecule has 0 spiro atoms. The molecule has 0 aromatic carbocycles. The third-order valence-corrected chi connectivity index (χ3v) is 11.6. The van der Waals surface area contributed by atoms with Crippen LogP contribution in [0.3, 0.4) is 0 Å². The molecule has 0 bridgehead atoms. The monoisotopic (exact) mass is 866 g/mol. The molecule has 0 N–H and O–H groups in total. The molecule has 346 valence electrons. The van der Waals surface area contributed by atoms with Crippen molar-refractivity contribution in [3.05, 3.63) is 47.0 Å². The molecule has 60 heavy (non-hydrogen) atoms. The van der Waals surface area contributed by atoms with Crippen LogP contribution >= 0.6 is 7.82 Å². The first kappa shape index (κ1) is 55.5. The summed E-state index contributed by atoms with van der Waals surface area (Å²) in [5, 5.41) is 0. The maximum absolute atomic E-state index is 12.7. The molecule has 0 amide bonds. The molecule has 1 unspecified atom stereocenters. The van der Waals surface area contributed by atoms with E-state index in [2.05, 4.69) is 33.8 Å². The topological polar surface area (TPSA) is 141 Å². The minimum absolute atomic E-state index is 0.0592. The van der Waals surface area contributed by atoms with Crippen LogP contribution in [0.5, 0.6) is 0 Å². The summed E-state index contributed by atoms with van der Waals surface area (Å²) in [5.74, 6) is 1.49. The molecular weight excluding hydrogens is 781 g/mol. The number of phosphoric acid groups is 1. The van der Waals surface area contributed by atoms with E-state index in [4.69, 9.17) is 22.9 Å². The van der Waals surface area contributed by atoms with Crippen molar-refractivity contribution in [3.8, 4) is 0 Å². The van der Waals surface area contributed by atoms with E-state index in [0.29, 0.717) is 30.3 Å². The van der Waals surface area contributed by atoms with E-state index in [1.807, 2.05) is 33.3 Å². The first-order chi connectivity index (χ1) is 28.7. The number of hydrogen-bond acceptors (Lipinski definition) is 10. The number of aryl methyl sites for hydroxylation is 2. The molecule has 1 rings (SSSR count). The zero-order valence-electron chi connectivity index (χ0n) is 38.9. The van der Waals surface area contributed by atoms with Crippen LogP contribution in [0.4, 0.5) is 0 Å². The Hall–Kier alpha value is -2.56. The number of unbranched alkanes of at least 4 members (excludes halogenated alkanes) is 16. The van der Waals surface area contributed by atoms with Crippen LogP contribution in [-0.4, -0.2) is 75.8 Å². The van der Waals surface area contributed by atoms with Gasteiger partial charge in [-0.1, -0.05) is 116 Å². The Kier molecular flexibility index (Phi) is 31.4. The number of carbonyl (C=O) groups is 3. The lowest BCUT2D eigenvalue weighted by Crippen LogP contribution is -2.37. The third-order valence-electron chi connectivity index (χ3n) is 10.7. The molecule has 0 fully saturated rings. The van der Waals surface area contributed by atoms with Gasteiger partial charge in [-0.15, -0.1) is 0 Å². The number of phosphoric ester groups is 1. The lowest BCUT2D eigenvalue weighted by atomic mass is 10.0. The molecule has 0 aliphatic heterocycles. The van der Waals surface area contributed by atoms with Crippen molar-refractivity contribution in [2.75, 3.05) is 47.5 Å². The number of carbonyl (C=O) groups excluding carboxylic acids is 3. The van der Waals surface area contributed by atoms with Crippen molar-refractivity contribution in [2.24, 2.45) is 0 Å². The fourth-order valence-electron chi connectivity index (χ4n) is 6.64. The number of rotatable bonds is 39. The lowest BCUT2D eigenvalue weighted by molar-refractivity contribution is -0.870. The number of likely N-dealkylation sites (N-methyl/N-ethyl adjacent to an activating group) is 1. The molecular formula is C48H84NO10P. The minimum atomic E-state index is -4.67. The van der Waals surface area contributed by atoms with E-state index in [1.54, 1.807) is 6.08 Å². The predicted molar refractivity (Wildman–Crippen MR) is 240 cm³/mol. The second-order valence-corrected chi connectivity index (χ2v) is 18.8. The second kappa shape index (κ2) is 34.0. The second-order valence-electron chi connectivity index (χ2n) is 17.4. The van der Waals surface area contributed by atoms with E-state index in [1.165, 1.54) is 68.3 Å². The summed E-state index contributed by atoms with van der Waals surface area (Å²) in [6.45, 7) is 8.33. The van der Waals surface area contributed by atoms with Crippen molar-refractivity contribution in [2.45, 2.75) is 194 Å². The van der Waals surface area contributed by atoms with Crippen molar-refractivity contribution < 1.29 is 51.3 Å². The first-order valence-corrected chi connectivity index (χ1v) is 24.8. The zero-order valence-corrected chi connectivity index (χ0v) is 39.8. The number of quaternary nitrogens is 1. The van der Waals surface area contributed by atoms with E-state index in [9.17, 15) is 23.8 Å². The van der Waals surface area contributed by atoms with Gasteiger partial charge in [-0.2, -0.15) is 0 Å². The smallest absolute Gasteiger partial charge is 0.306 e. The number of allylic oxidation sites excluding steroid dienone is 4. The van der Waals surface area contributed by atoms with Crippen molar-refractivity contribution in [1.82, 2.24) is 0 Å². The van der Waals surface area contributed by atoms with E-state index >= 15 is 0 Å². The Morgan fingerprint density at radius 2 is 1.18 bits per heavy atom. The summed E-state index contributed by atoms with van der Waals surface area (Å²) in [6, 6.07) is 0. The Bertz CT molecular complexity index is 1410. The Balaban J connectivity index is 2.37. The van der Waals surface area contributed by atoms with Gasteiger partial charge in [-0.3, -0.25) is 18.9 Å². The highest BCUT2D eigenvalue weighted by atomic mass is 31.2. The van der Waals surface area contributed by atoms with E-state index in [-0.39, 0.29) is 31.8 Å². The van der Waals surface area contributed by atoms with Gasteiger partial charge in [-0.25, -0.2) is 0 Å². The Labute approximate surface area is 364 Å². The van der Waals surface area contributed by atoms with Gasteiger partial charge < -0.3 is 32.3 Å². The van der Waals surface area contributed by atoms with Gasteiger partial charge in [-0.05, 0) is 76.0 Å². The molecule has 2 atom stereocenters. The Morgan fingerprint density at radius 1 is 0.667 bits per heavy atom. The average Bonchev–Trinajstić information content (AvgIpc) is 3.46. The van der Waals surface area contributed by atoms with E-state index in [0.717, 1.165) is 82.8 Å². The van der Waals surface area contributed by atoms with Gasteiger partial charge in [0.25, 0.3) is 7.82 Å². The molecule has 0 aliphatic rings. The zero-order chi connectivity index (χ0) is 44.5. The van der Waals surface area contributed by atoms with Crippen LogP contribution in [0, 0.1) is 13.8 Å². The standard InChI is InChI=1S/C48H84NO10P/c1-8-10-12-13-16-20-26-31-43(50)32-27-21-19-24-30-36-48(52)58-44(40-57-60(53,54)56-38-37-49(5,6)7)39-55-47(51)35-29-23-18-15-14-17-22-28-34-46-42(4)41(3)45(59-46)33-25-11-9-2/h16,20,26,31,44H,8-15,17-19,21-25,27-30,32-40H2,1-7H3/b20-16-,31-26+/t44-/m1/s1. The number of esters is 2. The quantitative estimate of drug-likeness (QED) is 0.0157. The predicted octanol–water partition coefficient (Wildman–Crippen LogP) is 11.3. The summed E-state index contributed by atoms with van der Waals surface area (Å²) in [4.78, 5) is 49.8. The number of nitrogens with zero attached hydrogens (tertiary/aromatic N) is 1. The van der Waals surface area contributed by atoms with Gasteiger partial charge >= 0.3 is 11.9 Å². The van der Waals surface area contributed by atoms with Crippen LogP contribution in [0.2, 0.25) is 0 Å². The highest BCUT2D eigenvalue weighted by molar-refractivity contribution is 7.45. The van der Waals surface area contributed by atoms with Crippen LogP contribution in [0.1, 0.15) is 184 Å². The van der Waals surface area contributed by atoms with Gasteiger partial charge in [0, 0.05) is 32.1 Å². The molecule has 1 aromatic heterocycles. The molecule has 12 heteroatoms. The number of furan rings is 1. The van der Waals surface area contributed by atoms with Crippen LogP contribution in [0.25, 0.3) is 0 Å². The van der Waals surface area contributed by atoms with Crippen LogP contribution in [0.15, 0.2) is 28.7 Å². The SMILES string of the molecule is CCCCC/C=C\C=C\C(=O)CCCCCCCC(=O)O[C@H](COC(=O)CCCCCCCCCCc1oc(CCCCC)c(C)c1C)COP(=O)([O-])OCC[N+](C)(C)C. The molecule has 0 saturated heterocycles. The number of ketones is 1. The van der Waals surface area contributed by atoms with Gasteiger partial charge in [0.05, 0.1) is 27.7 Å². The van der Waals surface area contributed by atoms with Gasteiger partial charge in [0.1, 0.15) is 31.3 Å². The number of ether oxygens (including phenoxy) is 2. The van der Waals surface area contributed by atoms with Crippen molar-refractivity contribution in [3.63, 3.8) is 0 Å². The van der Waals surface area contributed by atoms with Crippen molar-refractivity contribution in [1.29, 1.82) is 0 Å². The van der Waals surface area contributed by atoms with Crippen LogP contribution < -0.4 is 4.89 Å². The average molecular weight is 866 g/mol. The fraction of sp³-hybridized carbons (Fsp3) is 0.771. The summed E-state index contributed by atoms with van der Waals surface area (Å²) in [6.07, 6.45) is 29.9. The van der Waals surface area contributed by atoms with Gasteiger partial charge in [0.15, 0.2) is 11.9 Å². The highest BCUT2D eigenvalue weighted by Crippen LogP contribution is 2.38. The molecule has 11 nitrogen and oxygen atoms in total. The highest BCUT2D eigenvalue weighted by Gasteiger charge is 2.22. The summed E-state index contributed by atoms with van der Waals surface area (Å²) in [5.41, 5.74) is 2.64. The Morgan fingerprint density at radius 3 is 1.77 bits per heavy atom. The molecule has 1 heterocycles. The van der Waals surface area contributed by atoms with Crippen molar-refractivity contribution >= 4 is 25.5 Å². The normalized spacial score (nSPS) is 13.6. The maximum atomic E-state index is 12.7. The summed E-state index contributed by atoms with van der Waals surface area (Å²) in [7, 11) is 1.07. The van der Waals surface area contributed by atoms with Crippen LogP contribution in [-0.2, 0) is 50.3 Å². The molecule has 0 saturated carbocycles. The summed E-state index contributed by atoms with van der Waals surface area (Å²) >= 11 is 0. The van der Waals surface area contributed by atoms with E-state index < -0.39 is 32.5 Å².